The Kier molecular flexibility index (Phi) is 11.2. The number of halogens is 3. The van der Waals surface area contributed by atoms with E-state index in [1.165, 1.54) is 0 Å². The second-order valence-corrected chi connectivity index (χ2v) is 10.8. The number of carbonyl (C=O) groups excluding carboxylic acids is 1. The van der Waals surface area contributed by atoms with Crippen LogP contribution in [0.1, 0.15) is 49.0 Å². The molecule has 2 aromatic heterocycles. The maximum atomic E-state index is 13.3. The van der Waals surface area contributed by atoms with E-state index < -0.39 is 17.4 Å². The lowest BCUT2D eigenvalue weighted by molar-refractivity contribution is -0.145. The van der Waals surface area contributed by atoms with Crippen molar-refractivity contribution in [2.75, 3.05) is 27.2 Å². The molecular weight excluding hydrogens is 575 g/mol. The zero-order valence-electron chi connectivity index (χ0n) is 22.5. The molecular formula is C29H33Cl3N4O4. The number of carboxylic acid groups (broad SMARTS) is 1. The average molecular weight is 608 g/mol. The van der Waals surface area contributed by atoms with Gasteiger partial charge < -0.3 is 20.1 Å². The maximum absolute atomic E-state index is 13.3. The fourth-order valence-corrected chi connectivity index (χ4v) is 5.13. The highest BCUT2D eigenvalue weighted by atomic mass is 35.5. The minimum Gasteiger partial charge on any atom is -0.492 e. The molecule has 1 aromatic carbocycles. The third kappa shape index (κ3) is 7.43. The number of aliphatic carboxylic acids is 1. The zero-order chi connectivity index (χ0) is 28.0. The zero-order valence-corrected chi connectivity index (χ0v) is 24.8. The number of carboxylic acids is 1. The number of carbonyl (C=O) groups is 2. The minimum atomic E-state index is -1.30. The Morgan fingerprint density at radius 3 is 2.48 bits per heavy atom. The Morgan fingerprint density at radius 2 is 1.80 bits per heavy atom. The molecule has 3 aromatic rings. The van der Waals surface area contributed by atoms with Crippen molar-refractivity contribution in [1.82, 2.24) is 20.2 Å². The molecule has 0 atom stereocenters. The number of ether oxygens (including phenoxy) is 1. The van der Waals surface area contributed by atoms with Gasteiger partial charge in [-0.1, -0.05) is 48.5 Å². The molecule has 0 aliphatic heterocycles. The summed E-state index contributed by atoms with van der Waals surface area (Å²) in [5.74, 6) is -1.08. The summed E-state index contributed by atoms with van der Waals surface area (Å²) in [5.41, 5.74) is 1.02. The van der Waals surface area contributed by atoms with Crippen molar-refractivity contribution in [3.05, 3.63) is 64.4 Å². The molecule has 0 unspecified atom stereocenters. The summed E-state index contributed by atoms with van der Waals surface area (Å²) >= 11 is 12.9. The van der Waals surface area contributed by atoms with Gasteiger partial charge in [-0.25, -0.2) is 9.78 Å². The summed E-state index contributed by atoms with van der Waals surface area (Å²) in [7, 11) is 4.00. The van der Waals surface area contributed by atoms with Crippen LogP contribution < -0.4 is 10.1 Å². The first-order chi connectivity index (χ1) is 18.7. The molecule has 8 nitrogen and oxygen atoms in total. The van der Waals surface area contributed by atoms with Crippen LogP contribution in [0.25, 0.3) is 22.5 Å². The predicted molar refractivity (Wildman–Crippen MR) is 160 cm³/mol. The van der Waals surface area contributed by atoms with Gasteiger partial charge in [0.15, 0.2) is 0 Å². The fourth-order valence-electron chi connectivity index (χ4n) is 4.73. The van der Waals surface area contributed by atoms with Crippen molar-refractivity contribution in [1.29, 1.82) is 0 Å². The van der Waals surface area contributed by atoms with E-state index in [0.29, 0.717) is 57.8 Å². The lowest BCUT2D eigenvalue weighted by atomic mass is 9.81. The smallest absolute Gasteiger partial charge is 0.329 e. The standard InChI is InChI=1S/C29H32Cl2N4O4.ClH/c1-35(2)16-7-17-39-24-18-19(9-11-21(24)30)25-20(26-22(31)8-6-15-32-26)10-12-23(33-25)27(36)34-29(28(37)38)13-4-3-5-14-29;/h6,8-12,15,18H,3-5,7,13-14,16-17H2,1-2H3,(H,34,36)(H,37,38);1H. The molecule has 1 aliphatic carbocycles. The van der Waals surface area contributed by atoms with E-state index >= 15 is 0 Å². The van der Waals surface area contributed by atoms with E-state index in [4.69, 9.17) is 32.9 Å². The van der Waals surface area contributed by atoms with Crippen LogP contribution in [0.3, 0.4) is 0 Å². The summed E-state index contributed by atoms with van der Waals surface area (Å²) in [4.78, 5) is 36.7. The number of aromatic nitrogens is 2. The van der Waals surface area contributed by atoms with E-state index in [1.807, 2.05) is 14.1 Å². The molecule has 214 valence electrons. The van der Waals surface area contributed by atoms with Gasteiger partial charge in [0.1, 0.15) is 17.0 Å². The summed E-state index contributed by atoms with van der Waals surface area (Å²) in [5, 5.41) is 13.6. The first kappa shape index (κ1) is 31.6. The van der Waals surface area contributed by atoms with Crippen molar-refractivity contribution >= 4 is 47.5 Å². The van der Waals surface area contributed by atoms with Crippen molar-refractivity contribution < 1.29 is 19.4 Å². The van der Waals surface area contributed by atoms with Gasteiger partial charge in [0.05, 0.1) is 28.0 Å². The Hall–Kier alpha value is -2.91. The number of amides is 1. The van der Waals surface area contributed by atoms with Gasteiger partial charge in [-0.3, -0.25) is 9.78 Å². The van der Waals surface area contributed by atoms with E-state index in [-0.39, 0.29) is 18.1 Å². The quantitative estimate of drug-likeness (QED) is 0.258. The van der Waals surface area contributed by atoms with Crippen molar-refractivity contribution in [2.45, 2.75) is 44.1 Å². The lowest BCUT2D eigenvalue weighted by Crippen LogP contribution is -2.55. The maximum Gasteiger partial charge on any atom is 0.329 e. The number of nitrogens with zero attached hydrogens (tertiary/aromatic N) is 3. The monoisotopic (exact) mass is 606 g/mol. The number of nitrogens with one attached hydrogen (secondary N) is 1. The molecule has 1 aliphatic rings. The van der Waals surface area contributed by atoms with Crippen molar-refractivity contribution in [2.24, 2.45) is 0 Å². The third-order valence-electron chi connectivity index (χ3n) is 6.82. The van der Waals surface area contributed by atoms with Gasteiger partial charge in [0, 0.05) is 23.9 Å². The third-order valence-corrected chi connectivity index (χ3v) is 7.44. The molecule has 40 heavy (non-hydrogen) atoms. The first-order valence-corrected chi connectivity index (χ1v) is 13.7. The SMILES string of the molecule is CN(C)CCCOc1cc(-c2nc(C(=O)NC3(C(=O)O)CCCCC3)ccc2-c2ncccc2Cl)ccc1Cl.Cl. The summed E-state index contributed by atoms with van der Waals surface area (Å²) in [6.45, 7) is 1.35. The average Bonchev–Trinajstić information content (AvgIpc) is 2.92. The topological polar surface area (TPSA) is 105 Å². The molecule has 2 heterocycles. The van der Waals surface area contributed by atoms with Gasteiger partial charge in [-0.15, -0.1) is 12.4 Å². The normalized spacial score (nSPS) is 14.3. The molecule has 0 bridgehead atoms. The van der Waals surface area contributed by atoms with Crippen LogP contribution >= 0.6 is 35.6 Å². The highest BCUT2D eigenvalue weighted by Crippen LogP contribution is 2.37. The first-order valence-electron chi connectivity index (χ1n) is 13.0. The number of hydrogen-bond donors (Lipinski definition) is 2. The molecule has 11 heteroatoms. The second kappa shape index (κ2) is 14.1. The van der Waals surface area contributed by atoms with E-state index in [9.17, 15) is 14.7 Å². The van der Waals surface area contributed by atoms with Gasteiger partial charge >= 0.3 is 5.97 Å². The summed E-state index contributed by atoms with van der Waals surface area (Å²) < 4.78 is 5.96. The molecule has 0 radical (unpaired) electrons. The van der Waals surface area contributed by atoms with Gasteiger partial charge in [0.25, 0.3) is 5.91 Å². The van der Waals surface area contributed by atoms with Crippen LogP contribution in [0, 0.1) is 0 Å². The van der Waals surface area contributed by atoms with Gasteiger partial charge in [0.2, 0.25) is 0 Å². The number of hydrogen-bond acceptors (Lipinski definition) is 6. The number of pyridine rings is 2. The Balaban J connectivity index is 0.00000441. The van der Waals surface area contributed by atoms with Crippen LogP contribution in [-0.4, -0.2) is 64.6 Å². The fraction of sp³-hybridized carbons (Fsp3) is 0.379. The van der Waals surface area contributed by atoms with Crippen molar-refractivity contribution in [3.63, 3.8) is 0 Å². The van der Waals surface area contributed by atoms with E-state index in [1.54, 1.807) is 48.7 Å². The van der Waals surface area contributed by atoms with Crippen LogP contribution in [0.5, 0.6) is 5.75 Å². The van der Waals surface area contributed by atoms with Crippen LogP contribution in [-0.2, 0) is 4.79 Å². The summed E-state index contributed by atoms with van der Waals surface area (Å²) in [6.07, 6.45) is 5.65. The Bertz CT molecular complexity index is 1350. The van der Waals surface area contributed by atoms with Crippen LogP contribution in [0.2, 0.25) is 10.0 Å². The largest absolute Gasteiger partial charge is 0.492 e. The molecule has 4 rings (SSSR count). The molecule has 0 saturated heterocycles. The Morgan fingerprint density at radius 1 is 1.05 bits per heavy atom. The second-order valence-electron chi connectivity index (χ2n) is 9.98. The number of rotatable bonds is 10. The van der Waals surface area contributed by atoms with Gasteiger partial charge in [-0.2, -0.15) is 0 Å². The molecule has 2 N–H and O–H groups in total. The van der Waals surface area contributed by atoms with E-state index in [0.717, 1.165) is 32.2 Å². The molecule has 1 fully saturated rings. The molecule has 1 saturated carbocycles. The summed E-state index contributed by atoms with van der Waals surface area (Å²) in [6, 6.07) is 12.0. The Labute approximate surface area is 250 Å². The minimum absolute atomic E-state index is 0. The van der Waals surface area contributed by atoms with Gasteiger partial charge in [-0.05, 0) is 69.8 Å². The molecule has 0 spiro atoms. The molecule has 1 amide bonds. The lowest BCUT2D eigenvalue weighted by Gasteiger charge is -2.33. The van der Waals surface area contributed by atoms with Crippen LogP contribution in [0.4, 0.5) is 0 Å². The predicted octanol–water partition coefficient (Wildman–Crippen LogP) is 6.39. The number of benzene rings is 1. The highest BCUT2D eigenvalue weighted by molar-refractivity contribution is 6.33. The highest BCUT2D eigenvalue weighted by Gasteiger charge is 2.41. The van der Waals surface area contributed by atoms with Crippen molar-refractivity contribution in [3.8, 4) is 28.3 Å². The van der Waals surface area contributed by atoms with E-state index in [2.05, 4.69) is 15.2 Å². The van der Waals surface area contributed by atoms with Crippen LogP contribution in [0.15, 0.2) is 48.7 Å².